The largest absolute Gasteiger partial charge is 0.462 e. The number of carbonyl (C=O) groups excluding carboxylic acids is 1. The summed E-state index contributed by atoms with van der Waals surface area (Å²) in [6.07, 6.45) is 10.7. The van der Waals surface area contributed by atoms with Crippen LogP contribution in [0.15, 0.2) is 24.3 Å². The summed E-state index contributed by atoms with van der Waals surface area (Å²) in [7, 11) is 0. The second-order valence-corrected chi connectivity index (χ2v) is 9.24. The van der Waals surface area contributed by atoms with E-state index < -0.39 is 0 Å². The van der Waals surface area contributed by atoms with Crippen LogP contribution in [-0.4, -0.2) is 25.7 Å². The maximum Gasteiger partial charge on any atom is 0.338 e. The summed E-state index contributed by atoms with van der Waals surface area (Å²) in [6.45, 7) is 2.85. The van der Waals surface area contributed by atoms with Crippen molar-refractivity contribution in [2.75, 3.05) is 24.6 Å². The number of rotatable bonds is 4. The van der Waals surface area contributed by atoms with Gasteiger partial charge in [0.25, 0.3) is 0 Å². The zero-order valence-corrected chi connectivity index (χ0v) is 15.1. The third-order valence-corrected chi connectivity index (χ3v) is 7.23. The Balaban J connectivity index is 1.26. The Labute approximate surface area is 150 Å². The minimum Gasteiger partial charge on any atom is -0.462 e. The Morgan fingerprint density at radius 1 is 1.04 bits per heavy atom. The highest BCUT2D eigenvalue weighted by Crippen LogP contribution is 2.60. The van der Waals surface area contributed by atoms with E-state index in [0.717, 1.165) is 30.8 Å². The minimum absolute atomic E-state index is 0.128. The summed E-state index contributed by atoms with van der Waals surface area (Å²) in [5.74, 6) is 2.59. The van der Waals surface area contributed by atoms with Crippen molar-refractivity contribution < 1.29 is 9.53 Å². The Hall–Kier alpha value is -1.51. The summed E-state index contributed by atoms with van der Waals surface area (Å²) in [5, 5.41) is 0. The van der Waals surface area contributed by atoms with Crippen LogP contribution in [0, 0.1) is 23.2 Å². The van der Waals surface area contributed by atoms with Gasteiger partial charge in [0.2, 0.25) is 0 Å². The molecule has 5 aliphatic rings. The Kier molecular flexibility index (Phi) is 3.79. The van der Waals surface area contributed by atoms with E-state index in [-0.39, 0.29) is 5.97 Å². The van der Waals surface area contributed by atoms with Crippen molar-refractivity contribution in [3.63, 3.8) is 0 Å². The summed E-state index contributed by atoms with van der Waals surface area (Å²) in [5.41, 5.74) is 2.19. The molecule has 4 bridgehead atoms. The normalized spacial score (nSPS) is 36.0. The van der Waals surface area contributed by atoms with E-state index in [1.54, 1.807) is 0 Å². The second-order valence-electron chi connectivity index (χ2n) is 9.24. The van der Waals surface area contributed by atoms with Crippen LogP contribution in [0.4, 0.5) is 5.69 Å². The molecule has 134 valence electrons. The van der Waals surface area contributed by atoms with Gasteiger partial charge in [-0.15, -0.1) is 0 Å². The lowest BCUT2D eigenvalue weighted by Gasteiger charge is -2.56. The van der Waals surface area contributed by atoms with Crippen molar-refractivity contribution in [1.82, 2.24) is 0 Å². The molecule has 0 N–H and O–H groups in total. The second kappa shape index (κ2) is 6.03. The molecule has 0 spiro atoms. The lowest BCUT2D eigenvalue weighted by molar-refractivity contribution is -0.0848. The van der Waals surface area contributed by atoms with E-state index in [2.05, 4.69) is 11.0 Å². The molecule has 0 aromatic heterocycles. The van der Waals surface area contributed by atoms with Crippen molar-refractivity contribution in [2.45, 2.75) is 51.4 Å². The molecular weight excluding hydrogens is 310 g/mol. The number of hydrogen-bond acceptors (Lipinski definition) is 3. The summed E-state index contributed by atoms with van der Waals surface area (Å²) in [4.78, 5) is 15.0. The lowest BCUT2D eigenvalue weighted by atomic mass is 9.50. The SMILES string of the molecule is O=C(OCC12CC3CC(CC(C3)C1)C2)c1cccc(N2CCCC2)c1. The number of benzene rings is 1. The van der Waals surface area contributed by atoms with E-state index in [9.17, 15) is 4.79 Å². The zero-order chi connectivity index (χ0) is 16.9. The van der Waals surface area contributed by atoms with E-state index in [0.29, 0.717) is 17.6 Å². The Morgan fingerprint density at radius 2 is 1.68 bits per heavy atom. The van der Waals surface area contributed by atoms with Crippen molar-refractivity contribution >= 4 is 11.7 Å². The molecule has 3 heteroatoms. The molecule has 4 aliphatic carbocycles. The average Bonchev–Trinajstić information content (AvgIpc) is 3.13. The number of ether oxygens (including phenoxy) is 1. The maximum absolute atomic E-state index is 12.7. The third kappa shape index (κ3) is 2.96. The molecule has 0 radical (unpaired) electrons. The van der Waals surface area contributed by atoms with Gasteiger partial charge in [-0.25, -0.2) is 4.79 Å². The standard InChI is InChI=1S/C22H29NO2/c24-21(19-4-3-5-20(11-19)23-6-1-2-7-23)25-15-22-12-16-8-17(13-22)10-18(9-16)14-22/h3-5,11,16-18H,1-2,6-10,12-15H2. The monoisotopic (exact) mass is 339 g/mol. The smallest absolute Gasteiger partial charge is 0.338 e. The third-order valence-electron chi connectivity index (χ3n) is 7.23. The molecule has 25 heavy (non-hydrogen) atoms. The van der Waals surface area contributed by atoms with Gasteiger partial charge < -0.3 is 9.64 Å². The molecule has 4 saturated carbocycles. The van der Waals surface area contributed by atoms with Gasteiger partial charge in [0, 0.05) is 24.2 Å². The lowest BCUT2D eigenvalue weighted by Crippen LogP contribution is -2.48. The van der Waals surface area contributed by atoms with Crippen LogP contribution in [0.5, 0.6) is 0 Å². The van der Waals surface area contributed by atoms with Crippen LogP contribution in [0.2, 0.25) is 0 Å². The molecule has 1 aliphatic heterocycles. The van der Waals surface area contributed by atoms with E-state index in [4.69, 9.17) is 4.74 Å². The molecule has 0 atom stereocenters. The van der Waals surface area contributed by atoms with Gasteiger partial charge in [0.1, 0.15) is 0 Å². The van der Waals surface area contributed by atoms with E-state index in [1.807, 2.05) is 18.2 Å². The van der Waals surface area contributed by atoms with Gasteiger partial charge in [-0.2, -0.15) is 0 Å². The van der Waals surface area contributed by atoms with Crippen molar-refractivity contribution in [3.05, 3.63) is 29.8 Å². The molecule has 1 aromatic carbocycles. The molecule has 1 saturated heterocycles. The first-order valence-electron chi connectivity index (χ1n) is 10.2. The summed E-state index contributed by atoms with van der Waals surface area (Å²) in [6, 6.07) is 8.03. The van der Waals surface area contributed by atoms with Gasteiger partial charge in [-0.3, -0.25) is 0 Å². The molecular formula is C22H29NO2. The van der Waals surface area contributed by atoms with Gasteiger partial charge >= 0.3 is 5.97 Å². The highest BCUT2D eigenvalue weighted by molar-refractivity contribution is 5.90. The fourth-order valence-electron chi connectivity index (χ4n) is 6.57. The zero-order valence-electron chi connectivity index (χ0n) is 15.1. The predicted octanol–water partition coefficient (Wildman–Crippen LogP) is 4.66. The first-order valence-corrected chi connectivity index (χ1v) is 10.2. The van der Waals surface area contributed by atoms with Crippen LogP contribution in [0.25, 0.3) is 0 Å². The first-order chi connectivity index (χ1) is 12.2. The number of anilines is 1. The van der Waals surface area contributed by atoms with Gasteiger partial charge in [0.05, 0.1) is 12.2 Å². The fourth-order valence-corrected chi connectivity index (χ4v) is 6.57. The summed E-state index contributed by atoms with van der Waals surface area (Å²) < 4.78 is 5.87. The van der Waals surface area contributed by atoms with E-state index >= 15 is 0 Å². The van der Waals surface area contributed by atoms with Crippen molar-refractivity contribution in [2.24, 2.45) is 23.2 Å². The Bertz CT molecular complexity index is 626. The molecule has 6 rings (SSSR count). The quantitative estimate of drug-likeness (QED) is 0.747. The van der Waals surface area contributed by atoms with Crippen LogP contribution < -0.4 is 4.90 Å². The minimum atomic E-state index is -0.128. The number of nitrogens with zero attached hydrogens (tertiary/aromatic N) is 1. The van der Waals surface area contributed by atoms with Crippen LogP contribution in [-0.2, 0) is 4.74 Å². The first kappa shape index (κ1) is 15.7. The molecule has 1 aromatic rings. The molecule has 0 amide bonds. The average molecular weight is 339 g/mol. The number of hydrogen-bond donors (Lipinski definition) is 0. The predicted molar refractivity (Wildman–Crippen MR) is 98.8 cm³/mol. The number of esters is 1. The van der Waals surface area contributed by atoms with Crippen molar-refractivity contribution in [3.8, 4) is 0 Å². The fraction of sp³-hybridized carbons (Fsp3) is 0.682. The topological polar surface area (TPSA) is 29.5 Å². The Morgan fingerprint density at radius 3 is 2.32 bits per heavy atom. The van der Waals surface area contributed by atoms with E-state index in [1.165, 1.54) is 57.1 Å². The summed E-state index contributed by atoms with van der Waals surface area (Å²) >= 11 is 0. The van der Waals surface area contributed by atoms with Gasteiger partial charge in [-0.05, 0) is 87.3 Å². The highest BCUT2D eigenvalue weighted by Gasteiger charge is 2.51. The van der Waals surface area contributed by atoms with Crippen LogP contribution >= 0.6 is 0 Å². The molecule has 1 heterocycles. The molecule has 0 unspecified atom stereocenters. The molecule has 3 nitrogen and oxygen atoms in total. The molecule has 5 fully saturated rings. The van der Waals surface area contributed by atoms with Crippen molar-refractivity contribution in [1.29, 1.82) is 0 Å². The number of carbonyl (C=O) groups is 1. The van der Waals surface area contributed by atoms with Gasteiger partial charge in [0.15, 0.2) is 0 Å². The maximum atomic E-state index is 12.7. The highest BCUT2D eigenvalue weighted by atomic mass is 16.5. The van der Waals surface area contributed by atoms with Gasteiger partial charge in [-0.1, -0.05) is 6.07 Å². The van der Waals surface area contributed by atoms with Crippen LogP contribution in [0.3, 0.4) is 0 Å². The van der Waals surface area contributed by atoms with Crippen LogP contribution in [0.1, 0.15) is 61.7 Å².